The van der Waals surface area contributed by atoms with Gasteiger partial charge in [0, 0.05) is 10.8 Å². The molecule has 0 aromatic heterocycles. The lowest BCUT2D eigenvalue weighted by Crippen LogP contribution is -2.93. The summed E-state index contributed by atoms with van der Waals surface area (Å²) in [6, 6.07) is 0. The first-order valence-corrected chi connectivity index (χ1v) is 9.75. The number of allylic oxidation sites excluding steroid dienone is 4. The largest absolute Gasteiger partial charge is 0.0776 e. The molecule has 0 aliphatic heterocycles. The van der Waals surface area contributed by atoms with E-state index in [9.17, 15) is 0 Å². The molecule has 0 bridgehead atoms. The van der Waals surface area contributed by atoms with Crippen LogP contribution in [0.2, 0.25) is 0 Å². The third-order valence-corrected chi connectivity index (χ3v) is 10.7. The normalized spacial score (nSPS) is 72.4. The third-order valence-electron chi connectivity index (χ3n) is 10.7. The summed E-state index contributed by atoms with van der Waals surface area (Å²) in [5.41, 5.74) is 7.04. The smallest absolute Gasteiger partial charge is 0.00157 e. The zero-order valence-electron chi connectivity index (χ0n) is 12.8. The molecular weight excluding hydrogens is 252 g/mol. The van der Waals surface area contributed by atoms with Crippen molar-refractivity contribution in [2.75, 3.05) is 0 Å². The van der Waals surface area contributed by atoms with Crippen LogP contribution in [0.25, 0.3) is 0 Å². The quantitative estimate of drug-likeness (QED) is 0.554. The van der Waals surface area contributed by atoms with Crippen LogP contribution in [-0.2, 0) is 0 Å². The molecule has 8 aliphatic rings. The summed E-state index contributed by atoms with van der Waals surface area (Å²) in [5.74, 6) is 4.38. The summed E-state index contributed by atoms with van der Waals surface area (Å²) in [6.45, 7) is 0. The van der Waals surface area contributed by atoms with Crippen molar-refractivity contribution in [1.82, 2.24) is 0 Å². The number of hydrogen-bond donors (Lipinski definition) is 0. The van der Waals surface area contributed by atoms with Crippen molar-refractivity contribution < 1.29 is 0 Å². The van der Waals surface area contributed by atoms with Gasteiger partial charge in [-0.2, -0.15) is 0 Å². The maximum atomic E-state index is 2.95. The molecule has 0 heteroatoms. The highest BCUT2D eigenvalue weighted by Crippen LogP contribution is 3.04. The standard InChI is InChI=1S/C21H24/c1-4-12-10-18-6-2-7-19(18)11-13(5-1)15-14(12)20-8-3-9-21(15,20)17(19)16(18)20/h10-11,14-17H,1-9H2. The fraction of sp³-hybridized carbons (Fsp3) is 0.810. The van der Waals surface area contributed by atoms with Gasteiger partial charge in [0.05, 0.1) is 0 Å². The summed E-state index contributed by atoms with van der Waals surface area (Å²) >= 11 is 0. The minimum absolute atomic E-state index is 0.679. The van der Waals surface area contributed by atoms with Gasteiger partial charge >= 0.3 is 0 Å². The van der Waals surface area contributed by atoms with Gasteiger partial charge in [-0.25, -0.2) is 0 Å². The second kappa shape index (κ2) is 2.42. The molecule has 8 unspecified atom stereocenters. The molecule has 6 saturated carbocycles. The van der Waals surface area contributed by atoms with E-state index in [2.05, 4.69) is 12.2 Å². The Bertz CT molecular complexity index is 654. The van der Waals surface area contributed by atoms with Gasteiger partial charge < -0.3 is 0 Å². The molecule has 21 heavy (non-hydrogen) atoms. The zero-order valence-corrected chi connectivity index (χ0v) is 12.8. The van der Waals surface area contributed by atoms with E-state index in [1.54, 1.807) is 32.1 Å². The summed E-state index contributed by atoms with van der Waals surface area (Å²) in [6.07, 6.45) is 19.8. The molecule has 0 saturated heterocycles. The molecule has 4 spiro atoms. The van der Waals surface area contributed by atoms with Gasteiger partial charge in [0.1, 0.15) is 0 Å². The lowest BCUT2D eigenvalue weighted by Gasteiger charge is -2.97. The molecule has 8 rings (SSSR count). The molecule has 0 N–H and O–H groups in total. The van der Waals surface area contributed by atoms with Gasteiger partial charge in [0.25, 0.3) is 0 Å². The van der Waals surface area contributed by atoms with Crippen molar-refractivity contribution >= 4 is 0 Å². The van der Waals surface area contributed by atoms with E-state index in [4.69, 9.17) is 0 Å². The van der Waals surface area contributed by atoms with Crippen LogP contribution in [0, 0.1) is 45.3 Å². The second-order valence-electron chi connectivity index (χ2n) is 10.1. The molecular formula is C21H24. The Balaban J connectivity index is 1.59. The molecule has 0 amide bonds. The van der Waals surface area contributed by atoms with Crippen molar-refractivity contribution in [2.24, 2.45) is 45.3 Å². The molecule has 0 aromatic rings. The highest BCUT2D eigenvalue weighted by molar-refractivity contribution is 5.60. The molecule has 6 fully saturated rings. The first-order valence-electron chi connectivity index (χ1n) is 9.75. The van der Waals surface area contributed by atoms with Crippen LogP contribution < -0.4 is 0 Å². The average Bonchev–Trinajstić information content (AvgIpc) is 2.75. The fourth-order valence-corrected chi connectivity index (χ4v) is 11.2. The van der Waals surface area contributed by atoms with E-state index >= 15 is 0 Å². The van der Waals surface area contributed by atoms with Crippen molar-refractivity contribution in [3.8, 4) is 0 Å². The monoisotopic (exact) mass is 276 g/mol. The fourth-order valence-electron chi connectivity index (χ4n) is 11.2. The van der Waals surface area contributed by atoms with Gasteiger partial charge in [-0.15, -0.1) is 0 Å². The Hall–Kier alpha value is -0.520. The Morgan fingerprint density at radius 2 is 1.19 bits per heavy atom. The molecule has 8 aliphatic carbocycles. The zero-order chi connectivity index (χ0) is 13.2. The maximum Gasteiger partial charge on any atom is 0.00157 e. The van der Waals surface area contributed by atoms with Crippen LogP contribution in [0.1, 0.15) is 57.8 Å². The third kappa shape index (κ3) is 0.578. The van der Waals surface area contributed by atoms with Gasteiger partial charge in [-0.3, -0.25) is 0 Å². The minimum Gasteiger partial charge on any atom is -0.0776 e. The molecule has 0 heterocycles. The van der Waals surface area contributed by atoms with E-state index < -0.39 is 0 Å². The van der Waals surface area contributed by atoms with Crippen molar-refractivity contribution in [1.29, 1.82) is 0 Å². The van der Waals surface area contributed by atoms with E-state index in [1.165, 1.54) is 25.7 Å². The first kappa shape index (κ1) is 10.3. The second-order valence-corrected chi connectivity index (χ2v) is 10.1. The molecule has 108 valence electrons. The van der Waals surface area contributed by atoms with Gasteiger partial charge in [0.2, 0.25) is 0 Å². The van der Waals surface area contributed by atoms with E-state index in [-0.39, 0.29) is 0 Å². The minimum atomic E-state index is 0.679. The Morgan fingerprint density at radius 3 is 1.76 bits per heavy atom. The lowest BCUT2D eigenvalue weighted by molar-refractivity contribution is -0.459. The van der Waals surface area contributed by atoms with Crippen LogP contribution in [0.5, 0.6) is 0 Å². The van der Waals surface area contributed by atoms with Crippen molar-refractivity contribution in [3.05, 3.63) is 23.3 Å². The SMILES string of the molecule is C1=C2CCCC3=CC45CCCC14C1C5C45CCCC14C2C35. The number of hydrogen-bond acceptors (Lipinski definition) is 0. The predicted octanol–water partition coefficient (Wildman–Crippen LogP) is 4.87. The van der Waals surface area contributed by atoms with Gasteiger partial charge in [-0.05, 0) is 79.4 Å². The van der Waals surface area contributed by atoms with Crippen LogP contribution in [-0.4, -0.2) is 0 Å². The summed E-state index contributed by atoms with van der Waals surface area (Å²) in [4.78, 5) is 0. The average molecular weight is 276 g/mol. The molecule has 0 nitrogen and oxygen atoms in total. The Kier molecular flexibility index (Phi) is 1.18. The van der Waals surface area contributed by atoms with E-state index in [0.717, 1.165) is 34.5 Å². The van der Waals surface area contributed by atoms with Crippen molar-refractivity contribution in [3.63, 3.8) is 0 Å². The summed E-state index contributed by atoms with van der Waals surface area (Å²) in [5, 5.41) is 0. The van der Waals surface area contributed by atoms with Crippen molar-refractivity contribution in [2.45, 2.75) is 57.8 Å². The highest BCUT2D eigenvalue weighted by atomic mass is 15.0. The van der Waals surface area contributed by atoms with Gasteiger partial charge in [-0.1, -0.05) is 36.1 Å². The van der Waals surface area contributed by atoms with E-state index in [1.807, 2.05) is 11.1 Å². The maximum absolute atomic E-state index is 2.95. The molecule has 0 aromatic carbocycles. The Morgan fingerprint density at radius 1 is 0.667 bits per heavy atom. The summed E-state index contributed by atoms with van der Waals surface area (Å²) < 4.78 is 0. The lowest BCUT2D eigenvalue weighted by atomic mass is 9.06. The van der Waals surface area contributed by atoms with Crippen LogP contribution in [0.4, 0.5) is 0 Å². The van der Waals surface area contributed by atoms with Crippen LogP contribution in [0.15, 0.2) is 23.3 Å². The summed E-state index contributed by atoms with van der Waals surface area (Å²) in [7, 11) is 0. The molecule has 8 atom stereocenters. The van der Waals surface area contributed by atoms with Crippen LogP contribution in [0.3, 0.4) is 0 Å². The van der Waals surface area contributed by atoms with Crippen LogP contribution >= 0.6 is 0 Å². The predicted molar refractivity (Wildman–Crippen MR) is 81.4 cm³/mol. The Labute approximate surface area is 127 Å². The first-order chi connectivity index (χ1) is 10.3. The number of rotatable bonds is 0. The topological polar surface area (TPSA) is 0 Å². The molecule has 0 radical (unpaired) electrons. The highest BCUT2D eigenvalue weighted by Gasteiger charge is 2.99. The van der Waals surface area contributed by atoms with E-state index in [0.29, 0.717) is 10.8 Å². The van der Waals surface area contributed by atoms with Gasteiger partial charge in [0.15, 0.2) is 0 Å².